The number of piperidine rings is 1. The number of ether oxygens (including phenoxy) is 2. The van der Waals surface area contributed by atoms with E-state index in [-0.39, 0.29) is 12.0 Å². The second-order valence-corrected chi connectivity index (χ2v) is 6.91. The summed E-state index contributed by atoms with van der Waals surface area (Å²) in [7, 11) is 0. The number of aromatic nitrogens is 1. The first-order valence-electron chi connectivity index (χ1n) is 9.74. The van der Waals surface area contributed by atoms with Crippen molar-refractivity contribution in [2.45, 2.75) is 18.9 Å². The number of hydrogen-bond acceptors (Lipinski definition) is 4. The quantitative estimate of drug-likeness (QED) is 0.612. The van der Waals surface area contributed by atoms with Gasteiger partial charge in [-0.2, -0.15) is 0 Å². The Morgan fingerprint density at radius 3 is 2.50 bits per heavy atom. The largest absolute Gasteiger partial charge is 0.491 e. The zero-order valence-corrected chi connectivity index (χ0v) is 15.8. The molecule has 1 amide bonds. The summed E-state index contributed by atoms with van der Waals surface area (Å²) in [5.74, 6) is 0.853. The third-order valence-corrected chi connectivity index (χ3v) is 5.00. The number of benzene rings is 2. The molecule has 0 radical (unpaired) electrons. The topological polar surface area (TPSA) is 51.7 Å². The molecule has 1 aromatic heterocycles. The van der Waals surface area contributed by atoms with Crippen molar-refractivity contribution in [3.8, 4) is 5.75 Å². The fraction of sp³-hybridized carbons (Fsp3) is 0.304. The summed E-state index contributed by atoms with van der Waals surface area (Å²) in [6.45, 7) is 2.47. The van der Waals surface area contributed by atoms with Gasteiger partial charge in [0.05, 0.1) is 18.2 Å². The second kappa shape index (κ2) is 8.85. The first-order chi connectivity index (χ1) is 13.8. The Balaban J connectivity index is 1.23. The molecule has 1 saturated heterocycles. The van der Waals surface area contributed by atoms with Gasteiger partial charge in [0.25, 0.3) is 5.91 Å². The van der Waals surface area contributed by atoms with Crippen LogP contribution in [0.4, 0.5) is 0 Å². The number of likely N-dealkylation sites (tertiary alicyclic amines) is 1. The van der Waals surface area contributed by atoms with Crippen LogP contribution < -0.4 is 4.74 Å². The van der Waals surface area contributed by atoms with E-state index in [0.29, 0.717) is 32.0 Å². The number of hydrogen-bond donors (Lipinski definition) is 0. The Hall–Kier alpha value is -2.92. The maximum Gasteiger partial charge on any atom is 0.272 e. The summed E-state index contributed by atoms with van der Waals surface area (Å²) in [6, 6.07) is 21.4. The van der Waals surface area contributed by atoms with Gasteiger partial charge >= 0.3 is 0 Å². The predicted octanol–water partition coefficient (Wildman–Crippen LogP) is 3.94. The fourth-order valence-electron chi connectivity index (χ4n) is 3.46. The van der Waals surface area contributed by atoms with E-state index in [2.05, 4.69) is 4.98 Å². The standard InChI is InChI=1S/C23H24N2O3/c26-23(22-11-10-18-6-4-5-9-21(18)24-22)25-14-12-20(13-15-25)28-17-16-27-19-7-2-1-3-8-19/h1-11,20H,12-17H2. The van der Waals surface area contributed by atoms with Gasteiger partial charge in [0, 0.05) is 18.5 Å². The zero-order chi connectivity index (χ0) is 19.2. The van der Waals surface area contributed by atoms with E-state index in [1.807, 2.05) is 71.6 Å². The number of fused-ring (bicyclic) bond motifs is 1. The SMILES string of the molecule is O=C(c1ccc2ccccc2n1)N1CCC(OCCOc2ccccc2)CC1. The van der Waals surface area contributed by atoms with Gasteiger partial charge in [0.2, 0.25) is 0 Å². The van der Waals surface area contributed by atoms with Crippen LogP contribution in [0.2, 0.25) is 0 Å². The van der Waals surface area contributed by atoms with E-state index in [9.17, 15) is 4.79 Å². The molecule has 5 heteroatoms. The number of rotatable bonds is 6. The number of pyridine rings is 1. The van der Waals surface area contributed by atoms with Crippen molar-refractivity contribution in [2.24, 2.45) is 0 Å². The van der Waals surface area contributed by atoms with Crippen molar-refractivity contribution < 1.29 is 14.3 Å². The van der Waals surface area contributed by atoms with Crippen LogP contribution in [0.5, 0.6) is 5.75 Å². The van der Waals surface area contributed by atoms with Crippen LogP contribution in [0.25, 0.3) is 10.9 Å². The van der Waals surface area contributed by atoms with Crippen molar-refractivity contribution in [2.75, 3.05) is 26.3 Å². The molecule has 0 spiro atoms. The minimum Gasteiger partial charge on any atom is -0.491 e. The molecule has 3 aromatic rings. The minimum absolute atomic E-state index is 0.00314. The molecule has 0 saturated carbocycles. The van der Waals surface area contributed by atoms with E-state index in [0.717, 1.165) is 29.5 Å². The van der Waals surface area contributed by atoms with E-state index in [4.69, 9.17) is 9.47 Å². The Kier molecular flexibility index (Phi) is 5.83. The molecule has 1 fully saturated rings. The van der Waals surface area contributed by atoms with Crippen LogP contribution in [-0.2, 0) is 4.74 Å². The highest BCUT2D eigenvalue weighted by Gasteiger charge is 2.24. The number of carbonyl (C=O) groups excluding carboxylic acids is 1. The van der Waals surface area contributed by atoms with Crippen LogP contribution >= 0.6 is 0 Å². The maximum atomic E-state index is 12.8. The van der Waals surface area contributed by atoms with Crippen LogP contribution in [0.1, 0.15) is 23.3 Å². The van der Waals surface area contributed by atoms with Crippen molar-refractivity contribution in [3.63, 3.8) is 0 Å². The fourth-order valence-corrected chi connectivity index (χ4v) is 3.46. The molecule has 2 heterocycles. The Morgan fingerprint density at radius 2 is 1.68 bits per heavy atom. The molecule has 1 aliphatic heterocycles. The van der Waals surface area contributed by atoms with Crippen molar-refractivity contribution >= 4 is 16.8 Å². The van der Waals surface area contributed by atoms with E-state index in [1.54, 1.807) is 0 Å². The van der Waals surface area contributed by atoms with Crippen LogP contribution in [-0.4, -0.2) is 48.2 Å². The zero-order valence-electron chi connectivity index (χ0n) is 15.8. The molecule has 0 bridgehead atoms. The van der Waals surface area contributed by atoms with Crippen molar-refractivity contribution in [3.05, 3.63) is 72.4 Å². The Labute approximate surface area is 164 Å². The van der Waals surface area contributed by atoms with Crippen molar-refractivity contribution in [1.82, 2.24) is 9.88 Å². The average molecular weight is 376 g/mol. The molecule has 4 rings (SSSR count). The monoisotopic (exact) mass is 376 g/mol. The summed E-state index contributed by atoms with van der Waals surface area (Å²) in [4.78, 5) is 19.2. The van der Waals surface area contributed by atoms with Gasteiger partial charge in [0.1, 0.15) is 18.1 Å². The highest BCUT2D eigenvalue weighted by Crippen LogP contribution is 2.18. The van der Waals surface area contributed by atoms with E-state index < -0.39 is 0 Å². The third kappa shape index (κ3) is 4.49. The molecule has 144 valence electrons. The van der Waals surface area contributed by atoms with Gasteiger partial charge in [-0.15, -0.1) is 0 Å². The summed E-state index contributed by atoms with van der Waals surface area (Å²) in [6.07, 6.45) is 1.85. The lowest BCUT2D eigenvalue weighted by Crippen LogP contribution is -2.41. The molecule has 0 atom stereocenters. The van der Waals surface area contributed by atoms with Gasteiger partial charge in [-0.05, 0) is 37.1 Å². The summed E-state index contributed by atoms with van der Waals surface area (Å²) in [5, 5.41) is 1.05. The molecule has 1 aliphatic rings. The Bertz CT molecular complexity index is 921. The summed E-state index contributed by atoms with van der Waals surface area (Å²) < 4.78 is 11.6. The van der Waals surface area contributed by atoms with Crippen LogP contribution in [0, 0.1) is 0 Å². The van der Waals surface area contributed by atoms with Crippen LogP contribution in [0.15, 0.2) is 66.7 Å². The smallest absolute Gasteiger partial charge is 0.272 e. The first kappa shape index (κ1) is 18.4. The normalized spacial score (nSPS) is 14.9. The number of nitrogens with zero attached hydrogens (tertiary/aromatic N) is 2. The van der Waals surface area contributed by atoms with Gasteiger partial charge < -0.3 is 14.4 Å². The third-order valence-electron chi connectivity index (χ3n) is 5.00. The number of amides is 1. The maximum absolute atomic E-state index is 12.8. The highest BCUT2D eigenvalue weighted by molar-refractivity contribution is 5.94. The number of carbonyl (C=O) groups is 1. The first-order valence-corrected chi connectivity index (χ1v) is 9.74. The van der Waals surface area contributed by atoms with Gasteiger partial charge in [-0.1, -0.05) is 42.5 Å². The van der Waals surface area contributed by atoms with E-state index in [1.165, 1.54) is 0 Å². The van der Waals surface area contributed by atoms with Gasteiger partial charge in [-0.3, -0.25) is 4.79 Å². The lowest BCUT2D eigenvalue weighted by atomic mass is 10.1. The summed E-state index contributed by atoms with van der Waals surface area (Å²) in [5.41, 5.74) is 1.36. The average Bonchev–Trinajstić information content (AvgIpc) is 2.77. The minimum atomic E-state index is -0.00314. The number of para-hydroxylation sites is 2. The van der Waals surface area contributed by atoms with E-state index >= 15 is 0 Å². The molecular formula is C23H24N2O3. The lowest BCUT2D eigenvalue weighted by Gasteiger charge is -2.31. The van der Waals surface area contributed by atoms with Gasteiger partial charge in [-0.25, -0.2) is 4.98 Å². The molecule has 5 nitrogen and oxygen atoms in total. The molecule has 0 N–H and O–H groups in total. The predicted molar refractivity (Wildman–Crippen MR) is 109 cm³/mol. The molecule has 2 aromatic carbocycles. The van der Waals surface area contributed by atoms with Gasteiger partial charge in [0.15, 0.2) is 0 Å². The summed E-state index contributed by atoms with van der Waals surface area (Å²) >= 11 is 0. The lowest BCUT2D eigenvalue weighted by molar-refractivity contribution is -0.00249. The second-order valence-electron chi connectivity index (χ2n) is 6.91. The Morgan fingerprint density at radius 1 is 0.929 bits per heavy atom. The molecule has 0 aliphatic carbocycles. The molecule has 0 unspecified atom stereocenters. The highest BCUT2D eigenvalue weighted by atomic mass is 16.5. The van der Waals surface area contributed by atoms with Crippen LogP contribution in [0.3, 0.4) is 0 Å². The molecular weight excluding hydrogens is 352 g/mol. The molecule has 28 heavy (non-hydrogen) atoms. The van der Waals surface area contributed by atoms with Crippen molar-refractivity contribution in [1.29, 1.82) is 0 Å².